The zero-order valence-corrected chi connectivity index (χ0v) is 6.26. The lowest BCUT2D eigenvalue weighted by atomic mass is 10.00. The highest BCUT2D eigenvalue weighted by Crippen LogP contribution is 2.08. The quantitative estimate of drug-likeness (QED) is 0.578. The van der Waals surface area contributed by atoms with Crippen LogP contribution in [0, 0.1) is 18.3 Å². The number of primary amides is 1. The first-order valence-corrected chi connectivity index (χ1v) is 3.45. The molecule has 0 rings (SSSR count). The molecule has 0 aliphatic carbocycles. The summed E-state index contributed by atoms with van der Waals surface area (Å²) in [6.45, 7) is 2.01. The van der Waals surface area contributed by atoms with Crippen molar-refractivity contribution >= 4 is 5.91 Å². The number of amides is 1. The Morgan fingerprint density at radius 2 is 2.40 bits per heavy atom. The van der Waals surface area contributed by atoms with Crippen LogP contribution in [0.4, 0.5) is 0 Å². The van der Waals surface area contributed by atoms with Gasteiger partial charge in [-0.25, -0.2) is 0 Å². The number of hydrogen-bond acceptors (Lipinski definition) is 1. The minimum atomic E-state index is -0.278. The summed E-state index contributed by atoms with van der Waals surface area (Å²) in [6, 6.07) is 0. The van der Waals surface area contributed by atoms with Crippen LogP contribution in [0.2, 0.25) is 0 Å². The Balaban J connectivity index is 3.75. The van der Waals surface area contributed by atoms with Gasteiger partial charge in [-0.2, -0.15) is 0 Å². The molecule has 2 N–H and O–H groups in total. The van der Waals surface area contributed by atoms with Gasteiger partial charge in [0, 0.05) is 12.3 Å². The molecule has 2 nitrogen and oxygen atoms in total. The molecule has 56 valence electrons. The molecule has 1 amide bonds. The van der Waals surface area contributed by atoms with Crippen LogP contribution in [-0.4, -0.2) is 5.91 Å². The maximum atomic E-state index is 10.6. The topological polar surface area (TPSA) is 43.1 Å². The normalized spacial score (nSPS) is 12.0. The first-order chi connectivity index (χ1) is 4.72. The third kappa shape index (κ3) is 3.13. The van der Waals surface area contributed by atoms with Gasteiger partial charge in [-0.15, -0.1) is 12.3 Å². The maximum absolute atomic E-state index is 10.6. The van der Waals surface area contributed by atoms with Gasteiger partial charge in [0.15, 0.2) is 0 Å². The third-order valence-electron chi connectivity index (χ3n) is 1.40. The lowest BCUT2D eigenvalue weighted by Gasteiger charge is -2.06. The van der Waals surface area contributed by atoms with E-state index in [1.165, 1.54) is 0 Å². The molecule has 0 aromatic carbocycles. The molecular weight excluding hydrogens is 126 g/mol. The van der Waals surface area contributed by atoms with Gasteiger partial charge < -0.3 is 5.73 Å². The minimum absolute atomic E-state index is 0.116. The van der Waals surface area contributed by atoms with Crippen molar-refractivity contribution in [2.75, 3.05) is 0 Å². The molecule has 10 heavy (non-hydrogen) atoms. The Bertz CT molecular complexity index is 146. The molecule has 2 heteroatoms. The summed E-state index contributed by atoms with van der Waals surface area (Å²) in [5.74, 6) is 2.04. The van der Waals surface area contributed by atoms with Crippen molar-refractivity contribution in [1.82, 2.24) is 0 Å². The second-order valence-corrected chi connectivity index (χ2v) is 2.30. The fourth-order valence-corrected chi connectivity index (χ4v) is 0.836. The molecule has 1 unspecified atom stereocenters. The van der Waals surface area contributed by atoms with Gasteiger partial charge in [0.05, 0.1) is 0 Å². The number of rotatable bonds is 4. The van der Waals surface area contributed by atoms with Crippen LogP contribution in [0.3, 0.4) is 0 Å². The molecule has 0 aliphatic rings. The second kappa shape index (κ2) is 4.87. The van der Waals surface area contributed by atoms with Crippen LogP contribution in [0.25, 0.3) is 0 Å². The summed E-state index contributed by atoms with van der Waals surface area (Å²) >= 11 is 0. The van der Waals surface area contributed by atoms with Gasteiger partial charge in [-0.3, -0.25) is 4.79 Å². The molecule has 1 atom stereocenters. The molecule has 0 saturated heterocycles. The number of terminal acetylenes is 1. The van der Waals surface area contributed by atoms with Gasteiger partial charge in [0.2, 0.25) is 5.91 Å². The molecular formula is C8H13NO. The lowest BCUT2D eigenvalue weighted by Crippen LogP contribution is -2.22. The Hall–Kier alpha value is -0.970. The van der Waals surface area contributed by atoms with Crippen LogP contribution >= 0.6 is 0 Å². The lowest BCUT2D eigenvalue weighted by molar-refractivity contribution is -0.121. The largest absolute Gasteiger partial charge is 0.369 e. The molecule has 0 fully saturated rings. The van der Waals surface area contributed by atoms with Crippen molar-refractivity contribution in [3.63, 3.8) is 0 Å². The SMILES string of the molecule is C#CCC(CCC)C(N)=O. The van der Waals surface area contributed by atoms with Crippen molar-refractivity contribution in [3.05, 3.63) is 0 Å². The summed E-state index contributed by atoms with van der Waals surface area (Å²) in [4.78, 5) is 10.6. The fourth-order valence-electron chi connectivity index (χ4n) is 0.836. The molecule has 0 heterocycles. The predicted octanol–water partition coefficient (Wildman–Crippen LogP) is 0.911. The van der Waals surface area contributed by atoms with E-state index in [4.69, 9.17) is 12.2 Å². The Kier molecular flexibility index (Phi) is 4.39. The molecule has 0 spiro atoms. The molecule has 0 aliphatic heterocycles. The van der Waals surface area contributed by atoms with Crippen molar-refractivity contribution in [2.24, 2.45) is 11.7 Å². The van der Waals surface area contributed by atoms with Crippen LogP contribution in [0.5, 0.6) is 0 Å². The third-order valence-corrected chi connectivity index (χ3v) is 1.40. The van der Waals surface area contributed by atoms with Gasteiger partial charge in [-0.1, -0.05) is 13.3 Å². The van der Waals surface area contributed by atoms with E-state index in [0.29, 0.717) is 6.42 Å². The number of hydrogen-bond donors (Lipinski definition) is 1. The Labute approximate surface area is 61.8 Å². The van der Waals surface area contributed by atoms with Crippen LogP contribution in [0.15, 0.2) is 0 Å². The average Bonchev–Trinajstić information content (AvgIpc) is 1.87. The van der Waals surface area contributed by atoms with E-state index in [-0.39, 0.29) is 11.8 Å². The number of nitrogens with two attached hydrogens (primary N) is 1. The van der Waals surface area contributed by atoms with E-state index in [9.17, 15) is 4.79 Å². The summed E-state index contributed by atoms with van der Waals surface area (Å²) in [7, 11) is 0. The van der Waals surface area contributed by atoms with Crippen LogP contribution < -0.4 is 5.73 Å². The Morgan fingerprint density at radius 3 is 2.70 bits per heavy atom. The average molecular weight is 139 g/mol. The van der Waals surface area contributed by atoms with Gasteiger partial charge in [-0.05, 0) is 6.42 Å². The summed E-state index contributed by atoms with van der Waals surface area (Å²) < 4.78 is 0. The molecule has 0 aromatic rings. The van der Waals surface area contributed by atoms with E-state index in [2.05, 4.69) is 5.92 Å². The van der Waals surface area contributed by atoms with Crippen LogP contribution in [0.1, 0.15) is 26.2 Å². The zero-order chi connectivity index (χ0) is 7.98. The molecule has 0 saturated carbocycles. The molecule has 0 radical (unpaired) electrons. The highest BCUT2D eigenvalue weighted by atomic mass is 16.1. The van der Waals surface area contributed by atoms with E-state index < -0.39 is 0 Å². The summed E-state index contributed by atoms with van der Waals surface area (Å²) in [6.07, 6.45) is 7.27. The van der Waals surface area contributed by atoms with Gasteiger partial charge in [0.1, 0.15) is 0 Å². The monoisotopic (exact) mass is 139 g/mol. The highest BCUT2D eigenvalue weighted by molar-refractivity contribution is 5.76. The summed E-state index contributed by atoms with van der Waals surface area (Å²) in [5, 5.41) is 0. The Morgan fingerprint density at radius 1 is 1.80 bits per heavy atom. The first-order valence-electron chi connectivity index (χ1n) is 3.45. The van der Waals surface area contributed by atoms with Crippen molar-refractivity contribution < 1.29 is 4.79 Å². The second-order valence-electron chi connectivity index (χ2n) is 2.30. The highest BCUT2D eigenvalue weighted by Gasteiger charge is 2.11. The van der Waals surface area contributed by atoms with E-state index >= 15 is 0 Å². The first kappa shape index (κ1) is 9.03. The predicted molar refractivity (Wildman–Crippen MR) is 41.0 cm³/mol. The van der Waals surface area contributed by atoms with Crippen molar-refractivity contribution in [2.45, 2.75) is 26.2 Å². The van der Waals surface area contributed by atoms with Gasteiger partial charge in [0.25, 0.3) is 0 Å². The number of carbonyl (C=O) groups excluding carboxylic acids is 1. The fraction of sp³-hybridized carbons (Fsp3) is 0.625. The standard InChI is InChI=1S/C8H13NO/c1-3-5-7(6-4-2)8(9)10/h1,7H,4-6H2,2H3,(H2,9,10). The van der Waals surface area contributed by atoms with Crippen molar-refractivity contribution in [1.29, 1.82) is 0 Å². The molecule has 0 bridgehead atoms. The van der Waals surface area contributed by atoms with Crippen molar-refractivity contribution in [3.8, 4) is 12.3 Å². The van der Waals surface area contributed by atoms with E-state index in [1.807, 2.05) is 6.92 Å². The molecule has 0 aromatic heterocycles. The van der Waals surface area contributed by atoms with E-state index in [0.717, 1.165) is 12.8 Å². The van der Waals surface area contributed by atoms with Gasteiger partial charge >= 0.3 is 0 Å². The number of carbonyl (C=O) groups is 1. The minimum Gasteiger partial charge on any atom is -0.369 e. The maximum Gasteiger partial charge on any atom is 0.221 e. The van der Waals surface area contributed by atoms with E-state index in [1.54, 1.807) is 0 Å². The smallest absolute Gasteiger partial charge is 0.221 e. The van der Waals surface area contributed by atoms with Crippen LogP contribution in [-0.2, 0) is 4.79 Å². The summed E-state index contributed by atoms with van der Waals surface area (Å²) in [5.41, 5.74) is 5.07. The zero-order valence-electron chi connectivity index (χ0n) is 6.26.